The quantitative estimate of drug-likeness (QED) is 0.592. The molecule has 0 spiro atoms. The number of piperazine rings is 1. The zero-order valence-corrected chi connectivity index (χ0v) is 18.1. The van der Waals surface area contributed by atoms with Gasteiger partial charge in [0.2, 0.25) is 5.88 Å². The molecule has 3 aromatic rings. The van der Waals surface area contributed by atoms with Crippen molar-refractivity contribution in [2.45, 2.75) is 13.0 Å². The summed E-state index contributed by atoms with van der Waals surface area (Å²) >= 11 is 5.94. The van der Waals surface area contributed by atoms with Crippen LogP contribution in [-0.4, -0.2) is 53.6 Å². The first kappa shape index (κ1) is 20.9. The van der Waals surface area contributed by atoms with Crippen molar-refractivity contribution in [1.29, 1.82) is 0 Å². The Morgan fingerprint density at radius 1 is 1.06 bits per heavy atom. The van der Waals surface area contributed by atoms with Gasteiger partial charge in [0.1, 0.15) is 12.1 Å². The molecule has 160 valence electrons. The number of hydrogen-bond acceptors (Lipinski definition) is 6. The van der Waals surface area contributed by atoms with Gasteiger partial charge in [-0.1, -0.05) is 23.7 Å². The molecule has 7 nitrogen and oxygen atoms in total. The van der Waals surface area contributed by atoms with Gasteiger partial charge in [-0.05, 0) is 43.3 Å². The van der Waals surface area contributed by atoms with Crippen molar-refractivity contribution in [1.82, 2.24) is 14.9 Å². The van der Waals surface area contributed by atoms with Crippen molar-refractivity contribution in [3.8, 4) is 17.4 Å². The standard InChI is InChI=1S/C23H23ClN4O3/c1-16-14-27(11-12-28(16)23(29)17-7-9-18(24)10-8-17)21-13-22(26-15-25-21)31-20-6-4-3-5-19(20)30-2/h3-10,13,15-16H,11-12,14H2,1-2H3. The van der Waals surface area contributed by atoms with Crippen LogP contribution in [0, 0.1) is 0 Å². The number of benzene rings is 2. The van der Waals surface area contributed by atoms with Crippen LogP contribution in [0.4, 0.5) is 5.82 Å². The van der Waals surface area contributed by atoms with E-state index in [0.717, 1.165) is 5.82 Å². The summed E-state index contributed by atoms with van der Waals surface area (Å²) in [6, 6.07) is 16.2. The predicted octanol–water partition coefficient (Wildman–Crippen LogP) is 4.28. The van der Waals surface area contributed by atoms with E-state index in [-0.39, 0.29) is 11.9 Å². The number of aromatic nitrogens is 2. The number of hydrogen-bond donors (Lipinski definition) is 0. The van der Waals surface area contributed by atoms with Crippen LogP contribution in [0.5, 0.6) is 17.4 Å². The maximum Gasteiger partial charge on any atom is 0.254 e. The molecule has 1 aliphatic heterocycles. The molecule has 1 atom stereocenters. The Bertz CT molecular complexity index is 1060. The van der Waals surface area contributed by atoms with Gasteiger partial charge in [0.15, 0.2) is 11.5 Å². The lowest BCUT2D eigenvalue weighted by atomic mass is 10.1. The summed E-state index contributed by atoms with van der Waals surface area (Å²) in [5.41, 5.74) is 0.638. The first-order chi connectivity index (χ1) is 15.0. The average molecular weight is 439 g/mol. The Hall–Kier alpha value is -3.32. The van der Waals surface area contributed by atoms with E-state index in [2.05, 4.69) is 14.9 Å². The fourth-order valence-electron chi connectivity index (χ4n) is 3.60. The fourth-order valence-corrected chi connectivity index (χ4v) is 3.73. The van der Waals surface area contributed by atoms with E-state index in [9.17, 15) is 4.79 Å². The molecule has 1 aliphatic rings. The minimum atomic E-state index is 0.00620. The molecule has 31 heavy (non-hydrogen) atoms. The molecule has 1 amide bonds. The highest BCUT2D eigenvalue weighted by molar-refractivity contribution is 6.30. The second kappa shape index (κ2) is 9.22. The number of nitrogens with zero attached hydrogens (tertiary/aromatic N) is 4. The third-order valence-corrected chi connectivity index (χ3v) is 5.47. The van der Waals surface area contributed by atoms with Gasteiger partial charge in [0, 0.05) is 42.3 Å². The number of rotatable bonds is 5. The molecule has 2 heterocycles. The van der Waals surface area contributed by atoms with Crippen molar-refractivity contribution < 1.29 is 14.3 Å². The van der Waals surface area contributed by atoms with Gasteiger partial charge in [-0.2, -0.15) is 0 Å². The number of amides is 1. The van der Waals surface area contributed by atoms with Crippen LogP contribution in [0.3, 0.4) is 0 Å². The minimum absolute atomic E-state index is 0.00620. The van der Waals surface area contributed by atoms with Crippen LogP contribution in [-0.2, 0) is 0 Å². The van der Waals surface area contributed by atoms with E-state index >= 15 is 0 Å². The van der Waals surface area contributed by atoms with Crippen molar-refractivity contribution in [3.63, 3.8) is 0 Å². The molecule has 2 aromatic carbocycles. The van der Waals surface area contributed by atoms with Crippen molar-refractivity contribution >= 4 is 23.3 Å². The van der Waals surface area contributed by atoms with Gasteiger partial charge in [0.05, 0.1) is 7.11 Å². The summed E-state index contributed by atoms with van der Waals surface area (Å²) in [7, 11) is 1.60. The number of anilines is 1. The first-order valence-corrected chi connectivity index (χ1v) is 10.4. The van der Waals surface area contributed by atoms with Crippen LogP contribution in [0.1, 0.15) is 17.3 Å². The number of ether oxygens (including phenoxy) is 2. The number of para-hydroxylation sites is 2. The highest BCUT2D eigenvalue weighted by Gasteiger charge is 2.29. The molecule has 0 aliphatic carbocycles. The summed E-state index contributed by atoms with van der Waals surface area (Å²) < 4.78 is 11.2. The number of carbonyl (C=O) groups is 1. The molecule has 4 rings (SSSR count). The van der Waals surface area contributed by atoms with E-state index in [4.69, 9.17) is 21.1 Å². The van der Waals surface area contributed by atoms with E-state index in [1.165, 1.54) is 6.33 Å². The van der Waals surface area contributed by atoms with Gasteiger partial charge in [0.25, 0.3) is 5.91 Å². The maximum atomic E-state index is 12.9. The van der Waals surface area contributed by atoms with E-state index in [1.807, 2.05) is 36.1 Å². The zero-order valence-electron chi connectivity index (χ0n) is 17.4. The lowest BCUT2D eigenvalue weighted by Gasteiger charge is -2.40. The van der Waals surface area contributed by atoms with E-state index in [1.54, 1.807) is 37.4 Å². The van der Waals surface area contributed by atoms with Gasteiger partial charge < -0.3 is 19.3 Å². The summed E-state index contributed by atoms with van der Waals surface area (Å²) in [5, 5.41) is 0.615. The van der Waals surface area contributed by atoms with Gasteiger partial charge >= 0.3 is 0 Å². The third kappa shape index (κ3) is 4.72. The second-order valence-electron chi connectivity index (χ2n) is 7.27. The van der Waals surface area contributed by atoms with Crippen LogP contribution >= 0.6 is 11.6 Å². The number of carbonyl (C=O) groups excluding carboxylic acids is 1. The van der Waals surface area contributed by atoms with Gasteiger partial charge in [-0.25, -0.2) is 9.97 Å². The lowest BCUT2D eigenvalue weighted by Crippen LogP contribution is -2.54. The Labute approximate surface area is 186 Å². The van der Waals surface area contributed by atoms with E-state index in [0.29, 0.717) is 47.6 Å². The molecule has 1 aromatic heterocycles. The van der Waals surface area contributed by atoms with Crippen molar-refractivity contribution in [3.05, 3.63) is 71.5 Å². The third-order valence-electron chi connectivity index (χ3n) is 5.21. The molecule has 8 heteroatoms. The molecule has 0 radical (unpaired) electrons. The molecule has 1 fully saturated rings. The average Bonchev–Trinajstić information content (AvgIpc) is 2.79. The normalized spacial score (nSPS) is 16.2. The molecule has 0 N–H and O–H groups in total. The summed E-state index contributed by atoms with van der Waals surface area (Å²) in [4.78, 5) is 25.5. The SMILES string of the molecule is COc1ccccc1Oc1cc(N2CCN(C(=O)c3ccc(Cl)cc3)C(C)C2)ncn1. The van der Waals surface area contributed by atoms with Crippen molar-refractivity contribution in [2.24, 2.45) is 0 Å². The molecule has 0 bridgehead atoms. The van der Waals surface area contributed by atoms with Crippen LogP contribution in [0.2, 0.25) is 5.02 Å². The minimum Gasteiger partial charge on any atom is -0.493 e. The maximum absolute atomic E-state index is 12.9. The molecular formula is C23H23ClN4O3. The molecular weight excluding hydrogens is 416 g/mol. The Balaban J connectivity index is 1.45. The smallest absolute Gasteiger partial charge is 0.254 e. The Morgan fingerprint density at radius 2 is 1.81 bits per heavy atom. The van der Waals surface area contributed by atoms with Crippen LogP contribution < -0.4 is 14.4 Å². The molecule has 1 saturated heterocycles. The lowest BCUT2D eigenvalue weighted by molar-refractivity contribution is 0.0673. The highest BCUT2D eigenvalue weighted by atomic mass is 35.5. The Morgan fingerprint density at radius 3 is 2.52 bits per heavy atom. The topological polar surface area (TPSA) is 67.8 Å². The number of methoxy groups -OCH3 is 1. The van der Waals surface area contributed by atoms with Crippen molar-refractivity contribution in [2.75, 3.05) is 31.6 Å². The molecule has 0 saturated carbocycles. The zero-order chi connectivity index (χ0) is 21.8. The van der Waals surface area contributed by atoms with Gasteiger partial charge in [-0.15, -0.1) is 0 Å². The second-order valence-corrected chi connectivity index (χ2v) is 7.70. The molecule has 1 unspecified atom stereocenters. The largest absolute Gasteiger partial charge is 0.493 e. The van der Waals surface area contributed by atoms with Crippen LogP contribution in [0.25, 0.3) is 0 Å². The fraction of sp³-hybridized carbons (Fsp3) is 0.261. The first-order valence-electron chi connectivity index (χ1n) is 9.99. The monoisotopic (exact) mass is 438 g/mol. The predicted molar refractivity (Wildman–Crippen MR) is 119 cm³/mol. The Kier molecular flexibility index (Phi) is 6.23. The van der Waals surface area contributed by atoms with Gasteiger partial charge in [-0.3, -0.25) is 4.79 Å². The van der Waals surface area contributed by atoms with Crippen LogP contribution in [0.15, 0.2) is 60.9 Å². The van der Waals surface area contributed by atoms with E-state index < -0.39 is 0 Å². The highest BCUT2D eigenvalue weighted by Crippen LogP contribution is 2.31. The summed E-state index contributed by atoms with van der Waals surface area (Å²) in [5.74, 6) is 2.41. The number of halogens is 1. The summed E-state index contributed by atoms with van der Waals surface area (Å²) in [6.45, 7) is 3.95. The summed E-state index contributed by atoms with van der Waals surface area (Å²) in [6.07, 6.45) is 1.48.